The van der Waals surface area contributed by atoms with Gasteiger partial charge in [-0.2, -0.15) is 0 Å². The van der Waals surface area contributed by atoms with Crippen LogP contribution in [0.2, 0.25) is 0 Å². The van der Waals surface area contributed by atoms with Gasteiger partial charge in [-0.15, -0.1) is 0 Å². The highest BCUT2D eigenvalue weighted by Crippen LogP contribution is 2.20. The highest BCUT2D eigenvalue weighted by atomic mass is 16.3. The molecule has 0 bridgehead atoms. The van der Waals surface area contributed by atoms with Crippen LogP contribution in [0.5, 0.6) is 0 Å². The first-order valence-electron chi connectivity index (χ1n) is 5.59. The van der Waals surface area contributed by atoms with Crippen molar-refractivity contribution in [2.24, 2.45) is 5.41 Å². The Kier molecular flexibility index (Phi) is 3.46. The molecule has 1 heterocycles. The van der Waals surface area contributed by atoms with E-state index in [9.17, 15) is 4.79 Å². The highest BCUT2D eigenvalue weighted by molar-refractivity contribution is 5.95. The molecule has 0 spiro atoms. The van der Waals surface area contributed by atoms with Crippen molar-refractivity contribution in [1.29, 1.82) is 0 Å². The van der Waals surface area contributed by atoms with Gasteiger partial charge >= 0.3 is 0 Å². The van der Waals surface area contributed by atoms with Crippen molar-refractivity contribution in [3.63, 3.8) is 0 Å². The monoisotopic (exact) mass is 223 g/mol. The molecule has 0 aromatic carbocycles. The van der Waals surface area contributed by atoms with Crippen LogP contribution in [0.25, 0.3) is 0 Å². The van der Waals surface area contributed by atoms with E-state index in [1.165, 1.54) is 0 Å². The molecular weight excluding hydrogens is 202 g/mol. The summed E-state index contributed by atoms with van der Waals surface area (Å²) in [5.74, 6) is 1.39. The van der Waals surface area contributed by atoms with Gasteiger partial charge in [-0.1, -0.05) is 20.8 Å². The molecule has 0 radical (unpaired) electrons. The molecule has 0 aliphatic rings. The van der Waals surface area contributed by atoms with Gasteiger partial charge in [-0.05, 0) is 32.3 Å². The summed E-state index contributed by atoms with van der Waals surface area (Å²) in [6, 6.07) is 1.90. The van der Waals surface area contributed by atoms with Crippen LogP contribution in [-0.4, -0.2) is 11.9 Å². The summed E-state index contributed by atoms with van der Waals surface area (Å²) in [6.45, 7) is 12.0. The molecule has 1 aromatic heterocycles. The van der Waals surface area contributed by atoms with E-state index >= 15 is 0 Å². The van der Waals surface area contributed by atoms with E-state index in [1.54, 1.807) is 6.07 Å². The van der Waals surface area contributed by atoms with Gasteiger partial charge in [-0.25, -0.2) is 0 Å². The lowest BCUT2D eigenvalue weighted by molar-refractivity contribution is 0.0908. The number of furan rings is 1. The molecule has 1 aromatic rings. The third-order valence-electron chi connectivity index (χ3n) is 2.93. The zero-order chi connectivity index (χ0) is 12.5. The van der Waals surface area contributed by atoms with E-state index in [4.69, 9.17) is 4.42 Å². The maximum Gasteiger partial charge on any atom is 0.255 e. The Hall–Kier alpha value is -1.25. The molecule has 1 N–H and O–H groups in total. The molecule has 0 fully saturated rings. The van der Waals surface area contributed by atoms with E-state index in [0.717, 1.165) is 5.76 Å². The Morgan fingerprint density at radius 1 is 1.38 bits per heavy atom. The largest absolute Gasteiger partial charge is 0.466 e. The Balaban J connectivity index is 2.77. The first kappa shape index (κ1) is 12.8. The van der Waals surface area contributed by atoms with Crippen molar-refractivity contribution >= 4 is 5.91 Å². The topological polar surface area (TPSA) is 42.2 Å². The molecule has 90 valence electrons. The summed E-state index contributed by atoms with van der Waals surface area (Å²) in [6.07, 6.45) is 0. The molecule has 3 heteroatoms. The average Bonchev–Trinajstić information content (AvgIpc) is 2.43. The van der Waals surface area contributed by atoms with Crippen LogP contribution < -0.4 is 5.32 Å². The lowest BCUT2D eigenvalue weighted by atomic mass is 9.88. The minimum Gasteiger partial charge on any atom is -0.466 e. The smallest absolute Gasteiger partial charge is 0.255 e. The maximum atomic E-state index is 12.0. The molecule has 0 aliphatic heterocycles. The van der Waals surface area contributed by atoms with Gasteiger partial charge in [0.05, 0.1) is 5.56 Å². The highest BCUT2D eigenvalue weighted by Gasteiger charge is 2.23. The summed E-state index contributed by atoms with van der Waals surface area (Å²) in [5.41, 5.74) is 0.691. The minimum absolute atomic E-state index is 0.0579. The lowest BCUT2D eigenvalue weighted by Gasteiger charge is -2.27. The third kappa shape index (κ3) is 2.87. The fraction of sp³-hybridized carbons (Fsp3) is 0.615. The fourth-order valence-corrected chi connectivity index (χ4v) is 1.35. The van der Waals surface area contributed by atoms with Crippen molar-refractivity contribution in [3.8, 4) is 0 Å². The Labute approximate surface area is 97.2 Å². The Morgan fingerprint density at radius 2 is 1.94 bits per heavy atom. The van der Waals surface area contributed by atoms with Crippen LogP contribution in [0.4, 0.5) is 0 Å². The predicted molar refractivity (Wildman–Crippen MR) is 64.6 cm³/mol. The zero-order valence-corrected chi connectivity index (χ0v) is 11.0. The van der Waals surface area contributed by atoms with Gasteiger partial charge in [0.25, 0.3) is 5.91 Å². The van der Waals surface area contributed by atoms with Crippen molar-refractivity contribution in [2.75, 3.05) is 0 Å². The second-order valence-corrected chi connectivity index (χ2v) is 5.39. The second-order valence-electron chi connectivity index (χ2n) is 5.39. The summed E-state index contributed by atoms with van der Waals surface area (Å²) < 4.78 is 5.34. The Bertz CT molecular complexity index is 385. The molecule has 0 aliphatic carbocycles. The first-order valence-corrected chi connectivity index (χ1v) is 5.59. The molecule has 1 rings (SSSR count). The number of carbonyl (C=O) groups excluding carboxylic acids is 1. The number of hydrogen-bond donors (Lipinski definition) is 1. The molecule has 16 heavy (non-hydrogen) atoms. The molecule has 0 saturated heterocycles. The Morgan fingerprint density at radius 3 is 2.31 bits per heavy atom. The molecule has 3 nitrogen and oxygen atoms in total. The van der Waals surface area contributed by atoms with Crippen LogP contribution >= 0.6 is 0 Å². The van der Waals surface area contributed by atoms with Gasteiger partial charge in [0.15, 0.2) is 0 Å². The van der Waals surface area contributed by atoms with E-state index in [0.29, 0.717) is 11.3 Å². The normalized spacial score (nSPS) is 13.6. The standard InChI is InChI=1S/C13H21NO2/c1-8-7-11(9(2)16-8)12(15)14-10(3)13(4,5)6/h7,10H,1-6H3,(H,14,15)/t10-/m0/s1. The quantitative estimate of drug-likeness (QED) is 0.837. The van der Waals surface area contributed by atoms with Crippen LogP contribution in [-0.2, 0) is 0 Å². The van der Waals surface area contributed by atoms with Gasteiger partial charge in [0.1, 0.15) is 11.5 Å². The van der Waals surface area contributed by atoms with Crippen LogP contribution in [0.1, 0.15) is 49.6 Å². The number of carbonyl (C=O) groups is 1. The van der Waals surface area contributed by atoms with Gasteiger partial charge in [0.2, 0.25) is 0 Å². The van der Waals surface area contributed by atoms with Crippen LogP contribution in [0.3, 0.4) is 0 Å². The van der Waals surface area contributed by atoms with Gasteiger partial charge < -0.3 is 9.73 Å². The minimum atomic E-state index is -0.0585. The second kappa shape index (κ2) is 4.32. The van der Waals surface area contributed by atoms with E-state index < -0.39 is 0 Å². The first-order chi connectivity index (χ1) is 7.21. The molecular formula is C13H21NO2. The van der Waals surface area contributed by atoms with Crippen molar-refractivity contribution < 1.29 is 9.21 Å². The molecule has 0 saturated carbocycles. The predicted octanol–water partition coefficient (Wildman–Crippen LogP) is 3.06. The zero-order valence-electron chi connectivity index (χ0n) is 11.0. The van der Waals surface area contributed by atoms with E-state index in [-0.39, 0.29) is 17.4 Å². The van der Waals surface area contributed by atoms with Crippen molar-refractivity contribution in [1.82, 2.24) is 5.32 Å². The molecule has 0 unspecified atom stereocenters. The third-order valence-corrected chi connectivity index (χ3v) is 2.93. The van der Waals surface area contributed by atoms with Crippen molar-refractivity contribution in [3.05, 3.63) is 23.2 Å². The van der Waals surface area contributed by atoms with E-state index in [2.05, 4.69) is 26.1 Å². The lowest BCUT2D eigenvalue weighted by Crippen LogP contribution is -2.41. The number of aryl methyl sites for hydroxylation is 2. The van der Waals surface area contributed by atoms with Gasteiger partial charge in [-0.3, -0.25) is 4.79 Å². The molecule has 1 amide bonds. The summed E-state index contributed by atoms with van der Waals surface area (Å²) in [7, 11) is 0. The summed E-state index contributed by atoms with van der Waals surface area (Å²) in [5, 5.41) is 2.99. The van der Waals surface area contributed by atoms with Crippen LogP contribution in [0, 0.1) is 19.3 Å². The number of hydrogen-bond acceptors (Lipinski definition) is 2. The number of nitrogens with one attached hydrogen (secondary N) is 1. The van der Waals surface area contributed by atoms with Crippen LogP contribution in [0.15, 0.2) is 10.5 Å². The summed E-state index contributed by atoms with van der Waals surface area (Å²) in [4.78, 5) is 12.0. The average molecular weight is 223 g/mol. The molecule has 1 atom stereocenters. The van der Waals surface area contributed by atoms with E-state index in [1.807, 2.05) is 20.8 Å². The maximum absolute atomic E-state index is 12.0. The van der Waals surface area contributed by atoms with Crippen molar-refractivity contribution in [2.45, 2.75) is 47.6 Å². The number of rotatable bonds is 2. The van der Waals surface area contributed by atoms with Gasteiger partial charge in [0, 0.05) is 6.04 Å². The SMILES string of the molecule is Cc1cc(C(=O)N[C@@H](C)C(C)(C)C)c(C)o1. The fourth-order valence-electron chi connectivity index (χ4n) is 1.35. The summed E-state index contributed by atoms with van der Waals surface area (Å²) >= 11 is 0. The number of amides is 1.